The van der Waals surface area contributed by atoms with E-state index >= 15 is 0 Å². The van der Waals surface area contributed by atoms with Crippen molar-refractivity contribution in [1.29, 1.82) is 0 Å². The van der Waals surface area contributed by atoms with E-state index in [1.807, 2.05) is 30.3 Å². The minimum atomic E-state index is -4.63. The Morgan fingerprint density at radius 3 is 2.44 bits per heavy atom. The van der Waals surface area contributed by atoms with Gasteiger partial charge in [-0.3, -0.25) is 9.59 Å². The summed E-state index contributed by atoms with van der Waals surface area (Å²) in [7, 11) is 1.42. The van der Waals surface area contributed by atoms with Gasteiger partial charge in [0.2, 0.25) is 11.8 Å². The van der Waals surface area contributed by atoms with Gasteiger partial charge < -0.3 is 10.2 Å². The molecule has 0 aliphatic carbocycles. The molecule has 0 radical (unpaired) electrons. The van der Waals surface area contributed by atoms with E-state index in [4.69, 9.17) is 11.6 Å². The van der Waals surface area contributed by atoms with Gasteiger partial charge in [-0.05, 0) is 29.8 Å². The molecule has 27 heavy (non-hydrogen) atoms. The fraction of sp³-hybridized carbons (Fsp3) is 0.158. The largest absolute Gasteiger partial charge is 0.417 e. The lowest BCUT2D eigenvalue weighted by atomic mass is 10.2. The third-order valence-corrected chi connectivity index (χ3v) is 3.86. The van der Waals surface area contributed by atoms with Crippen molar-refractivity contribution in [3.8, 4) is 0 Å². The number of benzene rings is 2. The Kier molecular flexibility index (Phi) is 6.63. The number of hydrogen-bond acceptors (Lipinski definition) is 2. The average molecular weight is 397 g/mol. The first kappa shape index (κ1) is 20.5. The maximum absolute atomic E-state index is 12.8. The number of amides is 2. The molecule has 0 unspecified atom stereocenters. The van der Waals surface area contributed by atoms with Crippen LogP contribution in [0.2, 0.25) is 5.02 Å². The molecule has 0 bridgehead atoms. The molecule has 0 aromatic heterocycles. The molecule has 0 aliphatic rings. The average Bonchev–Trinajstić information content (AvgIpc) is 2.61. The van der Waals surface area contributed by atoms with E-state index in [-0.39, 0.29) is 12.2 Å². The van der Waals surface area contributed by atoms with Crippen molar-refractivity contribution >= 4 is 35.2 Å². The number of likely N-dealkylation sites (N-methyl/N-ethyl adjacent to an activating group) is 1. The highest BCUT2D eigenvalue weighted by Crippen LogP contribution is 2.36. The summed E-state index contributed by atoms with van der Waals surface area (Å²) in [5.74, 6) is -1.05. The predicted octanol–water partition coefficient (Wildman–Crippen LogP) is 4.47. The van der Waals surface area contributed by atoms with E-state index in [0.29, 0.717) is 0 Å². The van der Waals surface area contributed by atoms with Gasteiger partial charge in [-0.15, -0.1) is 0 Å². The molecule has 2 amide bonds. The van der Waals surface area contributed by atoms with Crippen LogP contribution in [0.15, 0.2) is 54.6 Å². The van der Waals surface area contributed by atoms with Crippen LogP contribution in [0.4, 0.5) is 18.9 Å². The van der Waals surface area contributed by atoms with Gasteiger partial charge in [0.15, 0.2) is 0 Å². The molecule has 2 aromatic carbocycles. The minimum absolute atomic E-state index is 0.0580. The molecule has 2 aromatic rings. The van der Waals surface area contributed by atoms with Crippen LogP contribution in [-0.2, 0) is 15.8 Å². The monoisotopic (exact) mass is 396 g/mol. The van der Waals surface area contributed by atoms with Gasteiger partial charge >= 0.3 is 6.18 Å². The van der Waals surface area contributed by atoms with Gasteiger partial charge in [0.25, 0.3) is 0 Å². The van der Waals surface area contributed by atoms with Gasteiger partial charge in [0.05, 0.1) is 17.1 Å². The van der Waals surface area contributed by atoms with Gasteiger partial charge in [0.1, 0.15) is 0 Å². The molecule has 1 N–H and O–H groups in total. The number of nitrogens with one attached hydrogen (secondary N) is 1. The first-order chi connectivity index (χ1) is 12.7. The molecule has 8 heteroatoms. The molecule has 0 heterocycles. The van der Waals surface area contributed by atoms with Crippen LogP contribution >= 0.6 is 11.6 Å². The maximum Gasteiger partial charge on any atom is 0.417 e. The Morgan fingerprint density at radius 1 is 1.15 bits per heavy atom. The molecule has 0 fully saturated rings. The van der Waals surface area contributed by atoms with Crippen LogP contribution in [0, 0.1) is 0 Å². The number of hydrogen-bond donors (Lipinski definition) is 1. The number of carbonyl (C=O) groups excluding carboxylic acids is 2. The second-order valence-electron chi connectivity index (χ2n) is 5.68. The lowest BCUT2D eigenvalue weighted by molar-refractivity contribution is -0.137. The first-order valence-corrected chi connectivity index (χ1v) is 8.19. The lowest BCUT2D eigenvalue weighted by Gasteiger charge is -2.16. The summed E-state index contributed by atoms with van der Waals surface area (Å²) in [4.78, 5) is 25.2. The number of anilines is 1. The number of rotatable bonds is 5. The first-order valence-electron chi connectivity index (χ1n) is 7.81. The van der Waals surface area contributed by atoms with Crippen LogP contribution in [0.1, 0.15) is 11.1 Å². The van der Waals surface area contributed by atoms with Crippen LogP contribution in [0.25, 0.3) is 6.08 Å². The fourth-order valence-corrected chi connectivity index (χ4v) is 2.40. The van der Waals surface area contributed by atoms with Crippen molar-refractivity contribution in [2.24, 2.45) is 0 Å². The molecule has 142 valence electrons. The van der Waals surface area contributed by atoms with Gasteiger partial charge in [0, 0.05) is 18.8 Å². The third kappa shape index (κ3) is 6.14. The van der Waals surface area contributed by atoms with Crippen LogP contribution < -0.4 is 5.32 Å². The quantitative estimate of drug-likeness (QED) is 0.758. The standard InChI is InChI=1S/C19H16ClF3N2O2/c1-25(18(27)10-7-13-5-3-2-4-6-13)12-17(26)24-14-8-9-16(20)15(11-14)19(21,22)23/h2-11H,12H2,1H3,(H,24,26)/b10-7+. The Hall–Kier alpha value is -2.80. The van der Waals surface area contributed by atoms with Gasteiger partial charge in [-0.1, -0.05) is 41.9 Å². The number of nitrogens with zero attached hydrogens (tertiary/aromatic N) is 1. The van der Waals surface area contributed by atoms with Crippen LogP contribution in [-0.4, -0.2) is 30.3 Å². The number of alkyl halides is 3. The van der Waals surface area contributed by atoms with E-state index in [1.54, 1.807) is 6.08 Å². The zero-order chi connectivity index (χ0) is 20.0. The Bertz CT molecular complexity index is 852. The summed E-state index contributed by atoms with van der Waals surface area (Å²) in [5, 5.41) is 1.87. The van der Waals surface area contributed by atoms with Crippen molar-refractivity contribution in [2.45, 2.75) is 6.18 Å². The third-order valence-electron chi connectivity index (χ3n) is 3.53. The minimum Gasteiger partial charge on any atom is -0.333 e. The predicted molar refractivity (Wildman–Crippen MR) is 98.2 cm³/mol. The van der Waals surface area contributed by atoms with E-state index in [9.17, 15) is 22.8 Å². The van der Waals surface area contributed by atoms with Crippen molar-refractivity contribution in [2.75, 3.05) is 18.9 Å². The van der Waals surface area contributed by atoms with E-state index < -0.39 is 28.6 Å². The van der Waals surface area contributed by atoms with Gasteiger partial charge in [-0.25, -0.2) is 0 Å². The highest BCUT2D eigenvalue weighted by Gasteiger charge is 2.33. The van der Waals surface area contributed by atoms with Crippen molar-refractivity contribution in [3.05, 3.63) is 70.8 Å². The SMILES string of the molecule is CN(CC(=O)Nc1ccc(Cl)c(C(F)(F)F)c1)C(=O)/C=C/c1ccccc1. The van der Waals surface area contributed by atoms with E-state index in [2.05, 4.69) is 5.32 Å². The highest BCUT2D eigenvalue weighted by atomic mass is 35.5. The summed E-state index contributed by atoms with van der Waals surface area (Å²) >= 11 is 5.54. The van der Waals surface area contributed by atoms with Crippen LogP contribution in [0.5, 0.6) is 0 Å². The second-order valence-corrected chi connectivity index (χ2v) is 6.09. The highest BCUT2D eigenvalue weighted by molar-refractivity contribution is 6.31. The number of carbonyl (C=O) groups is 2. The zero-order valence-corrected chi connectivity index (χ0v) is 15.0. The van der Waals surface area contributed by atoms with Crippen molar-refractivity contribution < 1.29 is 22.8 Å². The zero-order valence-electron chi connectivity index (χ0n) is 14.3. The summed E-state index contributed by atoms with van der Waals surface area (Å²) in [6, 6.07) is 12.2. The van der Waals surface area contributed by atoms with Crippen LogP contribution in [0.3, 0.4) is 0 Å². The molecule has 0 saturated carbocycles. The Balaban J connectivity index is 1.97. The molecule has 0 aliphatic heterocycles. The smallest absolute Gasteiger partial charge is 0.333 e. The van der Waals surface area contributed by atoms with Gasteiger partial charge in [-0.2, -0.15) is 13.2 Å². The molecule has 0 spiro atoms. The summed E-state index contributed by atoms with van der Waals surface area (Å²) in [6.45, 7) is -0.318. The molecule has 4 nitrogen and oxygen atoms in total. The molecule has 0 atom stereocenters. The second kappa shape index (κ2) is 8.73. The summed E-state index contributed by atoms with van der Waals surface area (Å²) in [6.07, 6.45) is -1.72. The Morgan fingerprint density at radius 2 is 1.81 bits per heavy atom. The molecular formula is C19H16ClF3N2O2. The normalized spacial score (nSPS) is 11.4. The maximum atomic E-state index is 12.8. The van der Waals surface area contributed by atoms with E-state index in [1.165, 1.54) is 19.2 Å². The molecular weight excluding hydrogens is 381 g/mol. The lowest BCUT2D eigenvalue weighted by Crippen LogP contribution is -2.33. The summed E-state index contributed by atoms with van der Waals surface area (Å²) in [5.41, 5.74) is -0.279. The van der Waals surface area contributed by atoms with E-state index in [0.717, 1.165) is 22.6 Å². The van der Waals surface area contributed by atoms with Crippen molar-refractivity contribution in [3.63, 3.8) is 0 Å². The summed E-state index contributed by atoms with van der Waals surface area (Å²) < 4.78 is 38.5. The Labute approximate surface area is 159 Å². The fourth-order valence-electron chi connectivity index (χ4n) is 2.17. The topological polar surface area (TPSA) is 49.4 Å². The molecule has 0 saturated heterocycles. The van der Waals surface area contributed by atoms with Crippen molar-refractivity contribution in [1.82, 2.24) is 4.90 Å². The number of halogens is 4. The molecule has 2 rings (SSSR count).